The Labute approximate surface area is 138 Å². The maximum Gasteiger partial charge on any atom is 0.338 e. The third-order valence-corrected chi connectivity index (χ3v) is 4.23. The van der Waals surface area contributed by atoms with E-state index in [0.29, 0.717) is 5.02 Å². The summed E-state index contributed by atoms with van der Waals surface area (Å²) in [5, 5.41) is 9.73. The van der Waals surface area contributed by atoms with E-state index in [-0.39, 0.29) is 5.56 Å². The minimum Gasteiger partial charge on any atom is -0.478 e. The Balaban J connectivity index is 1.72. The highest BCUT2D eigenvalue weighted by atomic mass is 35.5. The summed E-state index contributed by atoms with van der Waals surface area (Å²) >= 11 is 6.02. The quantitative estimate of drug-likeness (QED) is 0.933. The van der Waals surface area contributed by atoms with Crippen LogP contribution in [-0.4, -0.2) is 37.3 Å². The predicted molar refractivity (Wildman–Crippen MR) is 89.2 cm³/mol. The fourth-order valence-electron chi connectivity index (χ4n) is 2.77. The second-order valence-electron chi connectivity index (χ2n) is 5.42. The SMILES string of the molecule is O=C(O)c1cc(N2CCN(c3cccc(Cl)c3)CC2)ccc1F. The van der Waals surface area contributed by atoms with Gasteiger partial charge >= 0.3 is 5.97 Å². The molecule has 0 atom stereocenters. The molecule has 3 rings (SSSR count). The highest BCUT2D eigenvalue weighted by Crippen LogP contribution is 2.24. The zero-order valence-electron chi connectivity index (χ0n) is 12.4. The van der Waals surface area contributed by atoms with Crippen LogP contribution in [0, 0.1) is 5.82 Å². The molecule has 1 aliphatic heterocycles. The first-order chi connectivity index (χ1) is 11.0. The van der Waals surface area contributed by atoms with Gasteiger partial charge in [-0.3, -0.25) is 0 Å². The van der Waals surface area contributed by atoms with Gasteiger partial charge in [-0.1, -0.05) is 17.7 Å². The van der Waals surface area contributed by atoms with E-state index in [1.54, 1.807) is 6.07 Å². The number of piperazine rings is 1. The topological polar surface area (TPSA) is 43.8 Å². The summed E-state index contributed by atoms with van der Waals surface area (Å²) in [6, 6.07) is 11.9. The summed E-state index contributed by atoms with van der Waals surface area (Å²) in [6.07, 6.45) is 0. The number of benzene rings is 2. The summed E-state index contributed by atoms with van der Waals surface area (Å²) in [4.78, 5) is 15.3. The van der Waals surface area contributed by atoms with E-state index in [0.717, 1.165) is 37.6 Å². The first-order valence-corrected chi connectivity index (χ1v) is 7.71. The van der Waals surface area contributed by atoms with E-state index in [4.69, 9.17) is 16.7 Å². The number of halogens is 2. The molecule has 4 nitrogen and oxygen atoms in total. The van der Waals surface area contributed by atoms with Crippen LogP contribution in [0.5, 0.6) is 0 Å². The van der Waals surface area contributed by atoms with Crippen LogP contribution in [0.4, 0.5) is 15.8 Å². The molecule has 120 valence electrons. The van der Waals surface area contributed by atoms with Crippen molar-refractivity contribution in [1.29, 1.82) is 0 Å². The second kappa shape index (κ2) is 6.46. The van der Waals surface area contributed by atoms with Crippen LogP contribution in [-0.2, 0) is 0 Å². The molecule has 1 heterocycles. The van der Waals surface area contributed by atoms with Crippen molar-refractivity contribution in [3.63, 3.8) is 0 Å². The molecule has 0 amide bonds. The van der Waals surface area contributed by atoms with Gasteiger partial charge in [0.15, 0.2) is 0 Å². The van der Waals surface area contributed by atoms with Gasteiger partial charge < -0.3 is 14.9 Å². The molecule has 0 unspecified atom stereocenters. The Kier molecular flexibility index (Phi) is 4.39. The lowest BCUT2D eigenvalue weighted by molar-refractivity contribution is 0.0692. The number of hydrogen-bond acceptors (Lipinski definition) is 3. The van der Waals surface area contributed by atoms with E-state index in [2.05, 4.69) is 9.80 Å². The van der Waals surface area contributed by atoms with Crippen molar-refractivity contribution in [3.8, 4) is 0 Å². The molecule has 2 aromatic carbocycles. The van der Waals surface area contributed by atoms with Gasteiger partial charge in [0.25, 0.3) is 0 Å². The van der Waals surface area contributed by atoms with Crippen molar-refractivity contribution in [2.45, 2.75) is 0 Å². The maximum absolute atomic E-state index is 13.5. The van der Waals surface area contributed by atoms with Crippen molar-refractivity contribution in [2.75, 3.05) is 36.0 Å². The highest BCUT2D eigenvalue weighted by molar-refractivity contribution is 6.30. The average molecular weight is 335 g/mol. The first kappa shape index (κ1) is 15.6. The smallest absolute Gasteiger partial charge is 0.338 e. The van der Waals surface area contributed by atoms with Gasteiger partial charge in [0, 0.05) is 42.6 Å². The third-order valence-electron chi connectivity index (χ3n) is 4.00. The van der Waals surface area contributed by atoms with Crippen LogP contribution in [0.15, 0.2) is 42.5 Å². The predicted octanol–water partition coefficient (Wildman–Crippen LogP) is 3.50. The molecule has 1 saturated heterocycles. The van der Waals surface area contributed by atoms with Crippen LogP contribution < -0.4 is 9.80 Å². The molecular weight excluding hydrogens is 319 g/mol. The van der Waals surface area contributed by atoms with E-state index in [1.807, 2.05) is 24.3 Å². The minimum absolute atomic E-state index is 0.292. The highest BCUT2D eigenvalue weighted by Gasteiger charge is 2.20. The first-order valence-electron chi connectivity index (χ1n) is 7.33. The van der Waals surface area contributed by atoms with Crippen LogP contribution >= 0.6 is 11.6 Å². The minimum atomic E-state index is -1.25. The van der Waals surface area contributed by atoms with Crippen molar-refractivity contribution < 1.29 is 14.3 Å². The zero-order chi connectivity index (χ0) is 16.4. The van der Waals surface area contributed by atoms with Crippen LogP contribution in [0.1, 0.15) is 10.4 Å². The Morgan fingerprint density at radius 1 is 1.00 bits per heavy atom. The summed E-state index contributed by atoms with van der Waals surface area (Å²) in [6.45, 7) is 3.05. The van der Waals surface area contributed by atoms with E-state index < -0.39 is 11.8 Å². The molecule has 2 aromatic rings. The van der Waals surface area contributed by atoms with Gasteiger partial charge in [-0.15, -0.1) is 0 Å². The molecule has 1 fully saturated rings. The standard InChI is InChI=1S/C17H16ClFN2O2/c18-12-2-1-3-13(10-12)20-6-8-21(9-7-20)14-4-5-16(19)15(11-14)17(22)23/h1-5,10-11H,6-9H2,(H,22,23). The molecule has 1 aliphatic rings. The van der Waals surface area contributed by atoms with Gasteiger partial charge in [0.2, 0.25) is 0 Å². The summed E-state index contributed by atoms with van der Waals surface area (Å²) in [5.41, 5.74) is 1.51. The van der Waals surface area contributed by atoms with Gasteiger partial charge in [0.1, 0.15) is 5.82 Å². The number of hydrogen-bond donors (Lipinski definition) is 1. The molecule has 0 bridgehead atoms. The third kappa shape index (κ3) is 3.40. The summed E-state index contributed by atoms with van der Waals surface area (Å²) < 4.78 is 13.5. The summed E-state index contributed by atoms with van der Waals surface area (Å²) in [7, 11) is 0. The maximum atomic E-state index is 13.5. The van der Waals surface area contributed by atoms with Gasteiger partial charge in [-0.25, -0.2) is 9.18 Å². The van der Waals surface area contributed by atoms with Crippen molar-refractivity contribution in [3.05, 3.63) is 58.9 Å². The fraction of sp³-hybridized carbons (Fsp3) is 0.235. The van der Waals surface area contributed by atoms with Crippen molar-refractivity contribution >= 4 is 28.9 Å². The number of carboxylic acids is 1. The lowest BCUT2D eigenvalue weighted by atomic mass is 10.1. The summed E-state index contributed by atoms with van der Waals surface area (Å²) in [5.74, 6) is -1.96. The van der Waals surface area contributed by atoms with Crippen LogP contribution in [0.25, 0.3) is 0 Å². The lowest BCUT2D eigenvalue weighted by Crippen LogP contribution is -2.46. The van der Waals surface area contributed by atoms with E-state index in [9.17, 15) is 9.18 Å². The van der Waals surface area contributed by atoms with Crippen LogP contribution in [0.2, 0.25) is 5.02 Å². The van der Waals surface area contributed by atoms with Gasteiger partial charge in [-0.05, 0) is 36.4 Å². The largest absolute Gasteiger partial charge is 0.478 e. The van der Waals surface area contributed by atoms with E-state index >= 15 is 0 Å². The zero-order valence-corrected chi connectivity index (χ0v) is 13.1. The second-order valence-corrected chi connectivity index (χ2v) is 5.86. The van der Waals surface area contributed by atoms with Gasteiger partial charge in [0.05, 0.1) is 5.56 Å². The molecule has 0 spiro atoms. The molecule has 6 heteroatoms. The Morgan fingerprint density at radius 3 is 2.17 bits per heavy atom. The molecule has 0 aliphatic carbocycles. The van der Waals surface area contributed by atoms with Crippen molar-refractivity contribution in [1.82, 2.24) is 0 Å². The van der Waals surface area contributed by atoms with Crippen LogP contribution in [0.3, 0.4) is 0 Å². The number of carbonyl (C=O) groups is 1. The fourth-order valence-corrected chi connectivity index (χ4v) is 2.95. The van der Waals surface area contributed by atoms with E-state index in [1.165, 1.54) is 12.1 Å². The number of aromatic carboxylic acids is 1. The lowest BCUT2D eigenvalue weighted by Gasteiger charge is -2.37. The average Bonchev–Trinajstić information content (AvgIpc) is 2.55. The molecule has 1 N–H and O–H groups in total. The monoisotopic (exact) mass is 334 g/mol. The molecule has 0 radical (unpaired) electrons. The Morgan fingerprint density at radius 2 is 1.61 bits per heavy atom. The molecular formula is C17H16ClFN2O2. The molecule has 0 saturated carbocycles. The number of nitrogens with zero attached hydrogens (tertiary/aromatic N) is 2. The number of anilines is 2. The number of carboxylic acid groups (broad SMARTS) is 1. The van der Waals surface area contributed by atoms with Gasteiger partial charge in [-0.2, -0.15) is 0 Å². The Hall–Kier alpha value is -2.27. The molecule has 23 heavy (non-hydrogen) atoms. The Bertz CT molecular complexity index is 730. The molecule has 0 aromatic heterocycles. The normalized spacial score (nSPS) is 14.9. The van der Waals surface area contributed by atoms with Crippen molar-refractivity contribution in [2.24, 2.45) is 0 Å². The number of rotatable bonds is 3.